The van der Waals surface area contributed by atoms with Crippen LogP contribution in [0.25, 0.3) is 16.9 Å². The number of nitrogens with zero attached hydrogens (tertiary/aromatic N) is 3. The summed E-state index contributed by atoms with van der Waals surface area (Å²) >= 11 is 5.92. The Balaban J connectivity index is 1.94. The molecule has 0 saturated carbocycles. The van der Waals surface area contributed by atoms with Gasteiger partial charge in [0.15, 0.2) is 0 Å². The van der Waals surface area contributed by atoms with Crippen LogP contribution >= 0.6 is 11.6 Å². The van der Waals surface area contributed by atoms with E-state index in [0.717, 1.165) is 18.5 Å². The lowest BCUT2D eigenvalue weighted by Crippen LogP contribution is -2.29. The highest BCUT2D eigenvalue weighted by atomic mass is 35.5. The number of sulfonamides is 1. The van der Waals surface area contributed by atoms with Crippen LogP contribution in [0.4, 0.5) is 13.2 Å². The predicted octanol–water partition coefficient (Wildman–Crippen LogP) is 3.61. The van der Waals surface area contributed by atoms with Gasteiger partial charge in [-0.05, 0) is 36.2 Å². The standard InChI is InChI=1S/C19H16ClF3N4O3S/c1-31(29,30)26-17(28)9-4-13-11-27(15-7-8-16(24-10-15)19(21,22)23)25-18(13)12-2-5-14(20)6-3-12/h2-3,5-8,10-11H,4,9H2,1H3,(H,26,28). The molecule has 0 bridgehead atoms. The summed E-state index contributed by atoms with van der Waals surface area (Å²) in [5, 5.41) is 4.93. The van der Waals surface area contributed by atoms with Gasteiger partial charge in [-0.3, -0.25) is 9.52 Å². The van der Waals surface area contributed by atoms with Crippen molar-refractivity contribution in [2.45, 2.75) is 19.0 Å². The first-order valence-corrected chi connectivity index (χ1v) is 11.1. The second-order valence-electron chi connectivity index (χ2n) is 6.65. The summed E-state index contributed by atoms with van der Waals surface area (Å²) in [6.07, 6.45) is -1.07. The molecule has 1 amide bonds. The van der Waals surface area contributed by atoms with E-state index in [2.05, 4.69) is 10.1 Å². The second kappa shape index (κ2) is 8.67. The van der Waals surface area contributed by atoms with Crippen LogP contribution in [0.2, 0.25) is 5.02 Å². The van der Waals surface area contributed by atoms with Crippen LogP contribution < -0.4 is 4.72 Å². The fraction of sp³-hybridized carbons (Fsp3) is 0.211. The smallest absolute Gasteiger partial charge is 0.274 e. The van der Waals surface area contributed by atoms with Gasteiger partial charge in [-0.1, -0.05) is 23.7 Å². The van der Waals surface area contributed by atoms with Gasteiger partial charge in [-0.2, -0.15) is 18.3 Å². The third-order valence-corrected chi connectivity index (χ3v) is 4.98. The van der Waals surface area contributed by atoms with Crippen molar-refractivity contribution in [2.75, 3.05) is 6.26 Å². The molecule has 2 aromatic heterocycles. The van der Waals surface area contributed by atoms with E-state index < -0.39 is 27.8 Å². The van der Waals surface area contributed by atoms with Crippen LogP contribution in [0.5, 0.6) is 0 Å². The number of rotatable bonds is 6. The van der Waals surface area contributed by atoms with Crippen molar-refractivity contribution in [2.24, 2.45) is 0 Å². The van der Waals surface area contributed by atoms with Gasteiger partial charge in [0.25, 0.3) is 0 Å². The van der Waals surface area contributed by atoms with Crippen LogP contribution in [0.1, 0.15) is 17.7 Å². The minimum absolute atomic E-state index is 0.134. The summed E-state index contributed by atoms with van der Waals surface area (Å²) in [5.74, 6) is -0.687. The highest BCUT2D eigenvalue weighted by molar-refractivity contribution is 7.89. The summed E-state index contributed by atoms with van der Waals surface area (Å²) in [4.78, 5) is 15.3. The number of carbonyl (C=O) groups excluding carboxylic acids is 1. The molecular weight excluding hydrogens is 457 g/mol. The molecule has 0 aliphatic carbocycles. The number of hydrogen-bond acceptors (Lipinski definition) is 5. The molecule has 0 aliphatic heterocycles. The first-order chi connectivity index (χ1) is 14.4. The van der Waals surface area contributed by atoms with Gasteiger partial charge in [0, 0.05) is 23.2 Å². The summed E-state index contributed by atoms with van der Waals surface area (Å²) in [6.45, 7) is 0. The summed E-state index contributed by atoms with van der Waals surface area (Å²) < 4.78 is 63.9. The molecule has 1 N–H and O–H groups in total. The quantitative estimate of drug-likeness (QED) is 0.591. The molecule has 164 valence electrons. The molecule has 0 aliphatic rings. The Bertz CT molecular complexity index is 1190. The Kier molecular flexibility index (Phi) is 6.37. The van der Waals surface area contributed by atoms with Crippen molar-refractivity contribution in [1.29, 1.82) is 0 Å². The SMILES string of the molecule is CS(=O)(=O)NC(=O)CCc1cn(-c2ccc(C(F)(F)F)nc2)nc1-c1ccc(Cl)cc1. The zero-order valence-corrected chi connectivity index (χ0v) is 17.6. The molecular formula is C19H16ClF3N4O3S. The Morgan fingerprint density at radius 2 is 1.84 bits per heavy atom. The molecule has 3 aromatic rings. The van der Waals surface area contributed by atoms with Crippen molar-refractivity contribution in [3.8, 4) is 16.9 Å². The molecule has 0 fully saturated rings. The number of aromatic nitrogens is 3. The lowest BCUT2D eigenvalue weighted by Gasteiger charge is -2.06. The topological polar surface area (TPSA) is 94.0 Å². The van der Waals surface area contributed by atoms with E-state index >= 15 is 0 Å². The third-order valence-electron chi connectivity index (χ3n) is 4.13. The highest BCUT2D eigenvalue weighted by Gasteiger charge is 2.32. The predicted molar refractivity (Wildman–Crippen MR) is 108 cm³/mol. The molecule has 3 rings (SSSR count). The summed E-state index contributed by atoms with van der Waals surface area (Å²) in [5.41, 5.74) is 0.991. The van der Waals surface area contributed by atoms with Crippen molar-refractivity contribution in [3.63, 3.8) is 0 Å². The zero-order valence-electron chi connectivity index (χ0n) is 16.0. The molecule has 0 spiro atoms. The fourth-order valence-corrected chi connectivity index (χ4v) is 3.41. The Morgan fingerprint density at radius 1 is 1.16 bits per heavy atom. The summed E-state index contributed by atoms with van der Waals surface area (Å²) in [7, 11) is -3.68. The van der Waals surface area contributed by atoms with Gasteiger partial charge in [-0.15, -0.1) is 0 Å². The first-order valence-electron chi connectivity index (χ1n) is 8.81. The molecule has 1 aromatic carbocycles. The molecule has 0 saturated heterocycles. The zero-order chi connectivity index (χ0) is 22.8. The molecule has 2 heterocycles. The van der Waals surface area contributed by atoms with E-state index in [9.17, 15) is 26.4 Å². The van der Waals surface area contributed by atoms with Crippen molar-refractivity contribution in [3.05, 3.63) is 65.1 Å². The highest BCUT2D eigenvalue weighted by Crippen LogP contribution is 2.29. The fourth-order valence-electron chi connectivity index (χ4n) is 2.77. The maximum absolute atomic E-state index is 12.8. The van der Waals surface area contributed by atoms with E-state index in [1.807, 2.05) is 4.72 Å². The molecule has 0 unspecified atom stereocenters. The number of hydrogen-bond donors (Lipinski definition) is 1. The molecule has 0 radical (unpaired) electrons. The average Bonchev–Trinajstić information content (AvgIpc) is 3.09. The van der Waals surface area contributed by atoms with Gasteiger partial charge < -0.3 is 0 Å². The molecule has 7 nitrogen and oxygen atoms in total. The number of aryl methyl sites for hydroxylation is 1. The van der Waals surface area contributed by atoms with Crippen molar-refractivity contribution >= 4 is 27.5 Å². The number of amides is 1. The van der Waals surface area contributed by atoms with Crippen molar-refractivity contribution < 1.29 is 26.4 Å². The van der Waals surface area contributed by atoms with E-state index in [1.165, 1.54) is 10.7 Å². The number of benzene rings is 1. The number of carbonyl (C=O) groups is 1. The monoisotopic (exact) mass is 472 g/mol. The van der Waals surface area contributed by atoms with Crippen LogP contribution in [0, 0.1) is 0 Å². The van der Waals surface area contributed by atoms with Crippen LogP contribution in [-0.4, -0.2) is 35.3 Å². The molecule has 0 atom stereocenters. The normalized spacial score (nSPS) is 12.0. The van der Waals surface area contributed by atoms with E-state index in [1.54, 1.807) is 30.5 Å². The maximum atomic E-state index is 12.8. The van der Waals surface area contributed by atoms with Gasteiger partial charge >= 0.3 is 6.18 Å². The van der Waals surface area contributed by atoms with E-state index in [0.29, 0.717) is 21.8 Å². The van der Waals surface area contributed by atoms with Crippen LogP contribution in [0.15, 0.2) is 48.8 Å². The number of halogens is 4. The minimum atomic E-state index is -4.56. The lowest BCUT2D eigenvalue weighted by molar-refractivity contribution is -0.141. The van der Waals surface area contributed by atoms with Gasteiger partial charge in [0.05, 0.1) is 23.8 Å². The maximum Gasteiger partial charge on any atom is 0.433 e. The van der Waals surface area contributed by atoms with Gasteiger partial charge in [-0.25, -0.2) is 18.1 Å². The third kappa shape index (κ3) is 6.05. The van der Waals surface area contributed by atoms with Crippen LogP contribution in [-0.2, 0) is 27.4 Å². The Hall–Kier alpha value is -2.92. The van der Waals surface area contributed by atoms with E-state index in [-0.39, 0.29) is 18.5 Å². The Morgan fingerprint density at radius 3 is 2.39 bits per heavy atom. The number of pyridine rings is 1. The first kappa shape index (κ1) is 22.8. The largest absolute Gasteiger partial charge is 0.433 e. The van der Waals surface area contributed by atoms with Gasteiger partial charge in [0.1, 0.15) is 5.69 Å². The van der Waals surface area contributed by atoms with Gasteiger partial charge in [0.2, 0.25) is 15.9 Å². The number of alkyl halides is 3. The number of nitrogens with one attached hydrogen (secondary N) is 1. The van der Waals surface area contributed by atoms with Crippen molar-refractivity contribution in [1.82, 2.24) is 19.5 Å². The second-order valence-corrected chi connectivity index (χ2v) is 8.84. The van der Waals surface area contributed by atoms with E-state index in [4.69, 9.17) is 11.6 Å². The summed E-state index contributed by atoms with van der Waals surface area (Å²) in [6, 6.07) is 8.79. The molecule has 12 heteroatoms. The lowest BCUT2D eigenvalue weighted by atomic mass is 10.0. The average molecular weight is 473 g/mol. The molecule has 31 heavy (non-hydrogen) atoms. The van der Waals surface area contributed by atoms with Crippen LogP contribution in [0.3, 0.4) is 0 Å². The minimum Gasteiger partial charge on any atom is -0.274 e. The Labute approximate surface area is 180 Å².